The van der Waals surface area contributed by atoms with E-state index in [0.29, 0.717) is 13.1 Å². The van der Waals surface area contributed by atoms with Crippen LogP contribution in [0.3, 0.4) is 0 Å². The van der Waals surface area contributed by atoms with Crippen molar-refractivity contribution in [2.45, 2.75) is 45.2 Å². The molecule has 3 amide bonds. The smallest absolute Gasteiger partial charge is 0.317 e. The number of likely N-dealkylation sites (N-methyl/N-ethyl adjacent to an activating group) is 1. The number of amides is 3. The molecule has 0 radical (unpaired) electrons. The number of likely N-dealkylation sites (tertiary alicyclic amines) is 1. The molecule has 2 unspecified atom stereocenters. The van der Waals surface area contributed by atoms with Crippen LogP contribution in [0.4, 0.5) is 4.79 Å². The van der Waals surface area contributed by atoms with Crippen molar-refractivity contribution in [3.05, 3.63) is 35.4 Å². The standard InChI is InChI=1S/C20H32N4O2/c1-5-16-8-10-17(11-9-16)19(23(3)4)13-21-20(26)24-12-6-7-18(14-24)22-15(2)25/h8-11,18-19H,5-7,12-14H2,1-4H3,(H,21,26)(H,22,25). The molecule has 0 aromatic heterocycles. The molecule has 0 spiro atoms. The molecule has 2 rings (SSSR count). The highest BCUT2D eigenvalue weighted by atomic mass is 16.2. The molecule has 2 atom stereocenters. The Labute approximate surface area is 156 Å². The van der Waals surface area contributed by atoms with E-state index in [-0.39, 0.29) is 24.0 Å². The third kappa shape index (κ3) is 5.73. The number of hydrogen-bond donors (Lipinski definition) is 2. The molecule has 1 fully saturated rings. The molecule has 0 aliphatic carbocycles. The van der Waals surface area contributed by atoms with E-state index in [1.54, 1.807) is 4.90 Å². The van der Waals surface area contributed by atoms with E-state index in [1.807, 2.05) is 14.1 Å². The molecular weight excluding hydrogens is 328 g/mol. The second-order valence-corrected chi connectivity index (χ2v) is 7.25. The zero-order valence-corrected chi connectivity index (χ0v) is 16.4. The fourth-order valence-electron chi connectivity index (χ4n) is 3.44. The Hall–Kier alpha value is -2.08. The van der Waals surface area contributed by atoms with Crippen LogP contribution in [0.5, 0.6) is 0 Å². The van der Waals surface area contributed by atoms with Gasteiger partial charge in [-0.2, -0.15) is 0 Å². The van der Waals surface area contributed by atoms with Crippen molar-refractivity contribution in [2.75, 3.05) is 33.7 Å². The van der Waals surface area contributed by atoms with E-state index < -0.39 is 0 Å². The van der Waals surface area contributed by atoms with Crippen molar-refractivity contribution in [1.29, 1.82) is 0 Å². The fourth-order valence-corrected chi connectivity index (χ4v) is 3.44. The third-order valence-electron chi connectivity index (χ3n) is 4.96. The molecule has 2 N–H and O–H groups in total. The number of nitrogens with one attached hydrogen (secondary N) is 2. The Balaban J connectivity index is 1.93. The number of rotatable bonds is 6. The Morgan fingerprint density at radius 2 is 1.96 bits per heavy atom. The summed E-state index contributed by atoms with van der Waals surface area (Å²) in [6.45, 7) is 5.53. The van der Waals surface area contributed by atoms with Gasteiger partial charge in [-0.15, -0.1) is 0 Å². The van der Waals surface area contributed by atoms with Crippen LogP contribution < -0.4 is 10.6 Å². The Morgan fingerprint density at radius 1 is 1.27 bits per heavy atom. The first-order chi connectivity index (χ1) is 12.4. The van der Waals surface area contributed by atoms with Crippen LogP contribution in [-0.2, 0) is 11.2 Å². The van der Waals surface area contributed by atoms with Crippen molar-refractivity contribution in [3.8, 4) is 0 Å². The average molecular weight is 361 g/mol. The molecule has 0 bridgehead atoms. The molecule has 26 heavy (non-hydrogen) atoms. The molecule has 6 heteroatoms. The largest absolute Gasteiger partial charge is 0.352 e. The van der Waals surface area contributed by atoms with E-state index in [4.69, 9.17) is 0 Å². The van der Waals surface area contributed by atoms with Gasteiger partial charge in [0.05, 0.1) is 6.04 Å². The second-order valence-electron chi connectivity index (χ2n) is 7.25. The zero-order chi connectivity index (χ0) is 19.1. The molecule has 1 aromatic rings. The van der Waals surface area contributed by atoms with Gasteiger partial charge < -0.3 is 20.4 Å². The first-order valence-corrected chi connectivity index (χ1v) is 9.45. The topological polar surface area (TPSA) is 64.7 Å². The minimum absolute atomic E-state index is 0.0412. The minimum atomic E-state index is -0.0583. The molecule has 1 heterocycles. The quantitative estimate of drug-likeness (QED) is 0.817. The zero-order valence-electron chi connectivity index (χ0n) is 16.4. The minimum Gasteiger partial charge on any atom is -0.352 e. The van der Waals surface area contributed by atoms with Crippen LogP contribution in [0.25, 0.3) is 0 Å². The van der Waals surface area contributed by atoms with Gasteiger partial charge in [0.2, 0.25) is 5.91 Å². The summed E-state index contributed by atoms with van der Waals surface area (Å²) in [5.41, 5.74) is 2.51. The summed E-state index contributed by atoms with van der Waals surface area (Å²) < 4.78 is 0. The van der Waals surface area contributed by atoms with E-state index in [2.05, 4.69) is 46.7 Å². The maximum absolute atomic E-state index is 12.6. The third-order valence-corrected chi connectivity index (χ3v) is 4.96. The Bertz CT molecular complexity index is 600. The fraction of sp³-hybridized carbons (Fsp3) is 0.600. The summed E-state index contributed by atoms with van der Waals surface area (Å²) in [6.07, 6.45) is 2.86. The van der Waals surface area contributed by atoms with Gasteiger partial charge in [0.25, 0.3) is 0 Å². The monoisotopic (exact) mass is 360 g/mol. The lowest BCUT2D eigenvalue weighted by atomic mass is 10.0. The van der Waals surface area contributed by atoms with E-state index in [1.165, 1.54) is 18.1 Å². The molecule has 1 aromatic carbocycles. The van der Waals surface area contributed by atoms with Gasteiger partial charge in [-0.05, 0) is 44.5 Å². The predicted molar refractivity (Wildman–Crippen MR) is 104 cm³/mol. The maximum Gasteiger partial charge on any atom is 0.317 e. The summed E-state index contributed by atoms with van der Waals surface area (Å²) >= 11 is 0. The molecule has 0 saturated carbocycles. The highest BCUT2D eigenvalue weighted by Gasteiger charge is 2.25. The van der Waals surface area contributed by atoms with Crippen molar-refractivity contribution >= 4 is 11.9 Å². The molecule has 1 aliphatic rings. The van der Waals surface area contributed by atoms with Crippen LogP contribution in [0, 0.1) is 0 Å². The van der Waals surface area contributed by atoms with E-state index in [0.717, 1.165) is 25.8 Å². The summed E-state index contributed by atoms with van der Waals surface area (Å²) in [4.78, 5) is 27.7. The number of aryl methyl sites for hydroxylation is 1. The van der Waals surface area contributed by atoms with Crippen molar-refractivity contribution in [3.63, 3.8) is 0 Å². The molecular formula is C20H32N4O2. The SMILES string of the molecule is CCc1ccc(C(CNC(=O)N2CCCC(NC(C)=O)C2)N(C)C)cc1. The maximum atomic E-state index is 12.6. The van der Waals surface area contributed by atoms with Gasteiger partial charge in [-0.3, -0.25) is 4.79 Å². The highest BCUT2D eigenvalue weighted by molar-refractivity contribution is 5.75. The molecule has 6 nitrogen and oxygen atoms in total. The molecule has 1 saturated heterocycles. The van der Waals surface area contributed by atoms with Crippen LogP contribution in [0.1, 0.15) is 43.9 Å². The van der Waals surface area contributed by atoms with Crippen LogP contribution >= 0.6 is 0 Å². The van der Waals surface area contributed by atoms with Gasteiger partial charge in [0.1, 0.15) is 0 Å². The second kappa shape index (κ2) is 9.57. The first-order valence-electron chi connectivity index (χ1n) is 9.45. The van der Waals surface area contributed by atoms with E-state index >= 15 is 0 Å². The number of benzene rings is 1. The van der Waals surface area contributed by atoms with Gasteiger partial charge in [0.15, 0.2) is 0 Å². The normalized spacial score (nSPS) is 18.5. The van der Waals surface area contributed by atoms with Crippen molar-refractivity contribution in [2.24, 2.45) is 0 Å². The lowest BCUT2D eigenvalue weighted by Crippen LogP contribution is -2.52. The summed E-state index contributed by atoms with van der Waals surface area (Å²) in [5, 5.41) is 5.98. The van der Waals surface area contributed by atoms with Crippen LogP contribution in [0.15, 0.2) is 24.3 Å². The number of urea groups is 1. The number of carbonyl (C=O) groups is 2. The van der Waals surface area contributed by atoms with Crippen LogP contribution in [0.2, 0.25) is 0 Å². The van der Waals surface area contributed by atoms with Crippen molar-refractivity contribution in [1.82, 2.24) is 20.4 Å². The van der Waals surface area contributed by atoms with Gasteiger partial charge in [-0.25, -0.2) is 4.79 Å². The van der Waals surface area contributed by atoms with Crippen molar-refractivity contribution < 1.29 is 9.59 Å². The van der Waals surface area contributed by atoms with Gasteiger partial charge in [0, 0.05) is 32.6 Å². The molecule has 144 valence electrons. The first kappa shape index (κ1) is 20.2. The summed E-state index contributed by atoms with van der Waals surface area (Å²) in [6, 6.07) is 8.70. The van der Waals surface area contributed by atoms with E-state index in [9.17, 15) is 9.59 Å². The Morgan fingerprint density at radius 3 is 2.54 bits per heavy atom. The summed E-state index contributed by atoms with van der Waals surface area (Å²) in [7, 11) is 4.05. The van der Waals surface area contributed by atoms with Gasteiger partial charge in [-0.1, -0.05) is 31.2 Å². The lowest BCUT2D eigenvalue weighted by molar-refractivity contribution is -0.119. The predicted octanol–water partition coefficient (Wildman–Crippen LogP) is 2.16. The number of carbonyl (C=O) groups excluding carboxylic acids is 2. The average Bonchev–Trinajstić information content (AvgIpc) is 2.61. The summed E-state index contributed by atoms with van der Waals surface area (Å²) in [5.74, 6) is -0.0412. The lowest BCUT2D eigenvalue weighted by Gasteiger charge is -2.34. The van der Waals surface area contributed by atoms with Crippen LogP contribution in [-0.4, -0.2) is 61.5 Å². The van der Waals surface area contributed by atoms with Gasteiger partial charge >= 0.3 is 6.03 Å². The number of hydrogen-bond acceptors (Lipinski definition) is 3. The molecule has 1 aliphatic heterocycles. The number of piperidine rings is 1. The highest BCUT2D eigenvalue weighted by Crippen LogP contribution is 2.19. The number of nitrogens with zero attached hydrogens (tertiary/aromatic N) is 2. The Kier molecular flexibility index (Phi) is 7.45.